The van der Waals surface area contributed by atoms with Crippen LogP contribution in [0.1, 0.15) is 23.7 Å². The van der Waals surface area contributed by atoms with Crippen LogP contribution in [-0.2, 0) is 14.4 Å². The van der Waals surface area contributed by atoms with Crippen LogP contribution >= 0.6 is 0 Å². The monoisotopic (exact) mass is 488 g/mol. The number of carbonyl (C=O) groups excluding carboxylic acids is 4. The Morgan fingerprint density at radius 2 is 1.58 bits per heavy atom. The van der Waals surface area contributed by atoms with Crippen LogP contribution in [0.2, 0.25) is 0 Å². The van der Waals surface area contributed by atoms with E-state index in [-0.39, 0.29) is 23.4 Å². The van der Waals surface area contributed by atoms with Gasteiger partial charge in [-0.15, -0.1) is 0 Å². The van der Waals surface area contributed by atoms with Gasteiger partial charge in [0.1, 0.15) is 17.5 Å². The highest BCUT2D eigenvalue weighted by Crippen LogP contribution is 2.29. The highest BCUT2D eigenvalue weighted by Gasteiger charge is 2.44. The van der Waals surface area contributed by atoms with Crippen LogP contribution in [-0.4, -0.2) is 39.6 Å². The minimum atomic E-state index is -1.25. The van der Waals surface area contributed by atoms with Crippen molar-refractivity contribution in [2.24, 2.45) is 0 Å². The molecule has 182 valence electrons. The summed E-state index contributed by atoms with van der Waals surface area (Å²) in [7, 11) is 0. The Kier molecular flexibility index (Phi) is 6.72. The normalized spacial score (nSPS) is 14.9. The Balaban J connectivity index is 1.48. The number of nitro groups is 1. The molecule has 4 amide bonds. The van der Waals surface area contributed by atoms with Gasteiger partial charge in [0.15, 0.2) is 0 Å². The summed E-state index contributed by atoms with van der Waals surface area (Å²) in [5.74, 6) is -1.53. The van der Waals surface area contributed by atoms with Crippen LogP contribution < -0.4 is 15.1 Å². The van der Waals surface area contributed by atoms with E-state index in [4.69, 9.17) is 4.74 Å². The third kappa shape index (κ3) is 5.04. The van der Waals surface area contributed by atoms with Gasteiger partial charge in [0.05, 0.1) is 17.0 Å². The van der Waals surface area contributed by atoms with E-state index in [1.54, 1.807) is 36.4 Å². The molecule has 1 saturated heterocycles. The van der Waals surface area contributed by atoms with Gasteiger partial charge in [-0.2, -0.15) is 0 Å². The SMILES string of the molecule is CC(=O)N(NC(=O)c1ccc([N+](=O)[O-])cc1)C1CC(=O)N(c2ccc(Oc3ccccc3)cc2)C1=O. The van der Waals surface area contributed by atoms with Gasteiger partial charge in [-0.05, 0) is 48.5 Å². The maximum Gasteiger partial charge on any atom is 0.269 e. The molecule has 1 N–H and O–H groups in total. The Bertz CT molecular complexity index is 1320. The molecule has 36 heavy (non-hydrogen) atoms. The lowest BCUT2D eigenvalue weighted by Gasteiger charge is -2.26. The maximum absolute atomic E-state index is 13.1. The number of hydrogen-bond donors (Lipinski definition) is 1. The Hall–Kier alpha value is -5.06. The van der Waals surface area contributed by atoms with Crippen molar-refractivity contribution >= 4 is 35.0 Å². The minimum absolute atomic E-state index is 0.0366. The van der Waals surface area contributed by atoms with Crippen molar-refractivity contribution in [3.05, 3.63) is 94.5 Å². The zero-order chi connectivity index (χ0) is 25.8. The number of para-hydroxylation sites is 1. The molecular weight excluding hydrogens is 468 g/mol. The molecule has 11 heteroatoms. The summed E-state index contributed by atoms with van der Waals surface area (Å²) < 4.78 is 5.72. The van der Waals surface area contributed by atoms with Crippen molar-refractivity contribution in [1.82, 2.24) is 10.4 Å². The maximum atomic E-state index is 13.1. The molecule has 3 aromatic carbocycles. The van der Waals surface area contributed by atoms with E-state index in [9.17, 15) is 29.3 Å². The van der Waals surface area contributed by atoms with E-state index >= 15 is 0 Å². The summed E-state index contributed by atoms with van der Waals surface area (Å²) in [5, 5.41) is 11.6. The Labute approximate surface area is 205 Å². The Morgan fingerprint density at radius 1 is 0.972 bits per heavy atom. The molecule has 1 fully saturated rings. The first-order valence-corrected chi connectivity index (χ1v) is 10.8. The molecule has 3 aromatic rings. The van der Waals surface area contributed by atoms with Crippen molar-refractivity contribution in [2.45, 2.75) is 19.4 Å². The van der Waals surface area contributed by atoms with Gasteiger partial charge in [-0.25, -0.2) is 9.91 Å². The van der Waals surface area contributed by atoms with Gasteiger partial charge >= 0.3 is 0 Å². The van der Waals surface area contributed by atoms with E-state index in [0.717, 1.165) is 29.0 Å². The van der Waals surface area contributed by atoms with Gasteiger partial charge in [0.25, 0.3) is 17.5 Å². The first-order valence-electron chi connectivity index (χ1n) is 10.8. The topological polar surface area (TPSA) is 139 Å². The van der Waals surface area contributed by atoms with Gasteiger partial charge in [-0.1, -0.05) is 18.2 Å². The van der Waals surface area contributed by atoms with Crippen LogP contribution in [0.25, 0.3) is 0 Å². The molecule has 11 nitrogen and oxygen atoms in total. The third-order valence-electron chi connectivity index (χ3n) is 5.41. The second-order valence-corrected chi connectivity index (χ2v) is 7.83. The lowest BCUT2D eigenvalue weighted by molar-refractivity contribution is -0.384. The average Bonchev–Trinajstić information content (AvgIpc) is 3.16. The fraction of sp³-hybridized carbons (Fsp3) is 0.120. The number of nitrogens with zero attached hydrogens (tertiary/aromatic N) is 3. The fourth-order valence-corrected chi connectivity index (χ4v) is 3.66. The highest BCUT2D eigenvalue weighted by atomic mass is 16.6. The number of nitro benzene ring substituents is 1. The van der Waals surface area contributed by atoms with Gasteiger partial charge in [-0.3, -0.25) is 34.7 Å². The van der Waals surface area contributed by atoms with Crippen LogP contribution in [0.15, 0.2) is 78.9 Å². The van der Waals surface area contributed by atoms with Crippen molar-refractivity contribution in [3.8, 4) is 11.5 Å². The molecule has 0 bridgehead atoms. The average molecular weight is 488 g/mol. The number of nitrogens with one attached hydrogen (secondary N) is 1. The first kappa shape index (κ1) is 24.1. The van der Waals surface area contributed by atoms with E-state index in [1.165, 1.54) is 12.1 Å². The van der Waals surface area contributed by atoms with Crippen molar-refractivity contribution in [1.29, 1.82) is 0 Å². The quantitative estimate of drug-likeness (QED) is 0.319. The number of carbonyl (C=O) groups is 4. The standard InChI is InChI=1S/C25H20N4O7/c1-16(30)28(26-24(32)17-7-9-19(10-8-17)29(34)35)22-15-23(31)27(25(22)33)18-11-13-21(14-12-18)36-20-5-3-2-4-6-20/h2-14,22H,15H2,1H3,(H,26,32). The predicted molar refractivity (Wildman–Crippen MR) is 127 cm³/mol. The molecular formula is C25H20N4O7. The van der Waals surface area contributed by atoms with Crippen molar-refractivity contribution in [2.75, 3.05) is 4.90 Å². The molecule has 0 spiro atoms. The third-order valence-corrected chi connectivity index (χ3v) is 5.41. The number of benzene rings is 3. The molecule has 1 aliphatic rings. The van der Waals surface area contributed by atoms with Crippen LogP contribution in [0.3, 0.4) is 0 Å². The molecule has 1 heterocycles. The molecule has 0 aliphatic carbocycles. The number of imide groups is 1. The number of ether oxygens (including phenoxy) is 1. The molecule has 1 aliphatic heterocycles. The second kappa shape index (κ2) is 10.1. The summed E-state index contributed by atoms with van der Waals surface area (Å²) in [6.07, 6.45) is -0.332. The van der Waals surface area contributed by atoms with Crippen LogP contribution in [0, 0.1) is 10.1 Å². The summed E-state index contributed by atoms with van der Waals surface area (Å²) in [4.78, 5) is 61.9. The van der Waals surface area contributed by atoms with Crippen LogP contribution in [0.4, 0.5) is 11.4 Å². The van der Waals surface area contributed by atoms with E-state index in [0.29, 0.717) is 11.5 Å². The highest BCUT2D eigenvalue weighted by molar-refractivity contribution is 6.23. The summed E-state index contributed by atoms with van der Waals surface area (Å²) >= 11 is 0. The second-order valence-electron chi connectivity index (χ2n) is 7.83. The lowest BCUT2D eigenvalue weighted by Crippen LogP contribution is -2.54. The number of hydrogen-bond acceptors (Lipinski definition) is 7. The molecule has 1 atom stereocenters. The van der Waals surface area contributed by atoms with Crippen molar-refractivity contribution in [3.63, 3.8) is 0 Å². The lowest BCUT2D eigenvalue weighted by atomic mass is 10.2. The fourth-order valence-electron chi connectivity index (χ4n) is 3.66. The zero-order valence-corrected chi connectivity index (χ0v) is 19.0. The van der Waals surface area contributed by atoms with Gasteiger partial charge < -0.3 is 4.74 Å². The number of anilines is 1. The van der Waals surface area contributed by atoms with Gasteiger partial charge in [0, 0.05) is 24.6 Å². The number of amides is 4. The van der Waals surface area contributed by atoms with Gasteiger partial charge in [0.2, 0.25) is 11.8 Å². The smallest absolute Gasteiger partial charge is 0.269 e. The molecule has 0 aromatic heterocycles. The van der Waals surface area contributed by atoms with Crippen molar-refractivity contribution < 1.29 is 28.8 Å². The summed E-state index contributed by atoms with van der Waals surface area (Å²) in [6.45, 7) is 1.15. The number of non-ortho nitro benzene ring substituents is 1. The molecule has 1 unspecified atom stereocenters. The largest absolute Gasteiger partial charge is 0.457 e. The molecule has 4 rings (SSSR count). The molecule has 0 radical (unpaired) electrons. The number of hydrazine groups is 1. The number of rotatable bonds is 6. The zero-order valence-electron chi connectivity index (χ0n) is 19.0. The first-order chi connectivity index (χ1) is 17.2. The minimum Gasteiger partial charge on any atom is -0.457 e. The van der Waals surface area contributed by atoms with E-state index < -0.39 is 34.6 Å². The summed E-state index contributed by atoms with van der Waals surface area (Å²) in [5.41, 5.74) is 2.46. The van der Waals surface area contributed by atoms with Crippen LogP contribution in [0.5, 0.6) is 11.5 Å². The Morgan fingerprint density at radius 3 is 2.17 bits per heavy atom. The summed E-state index contributed by atoms with van der Waals surface area (Å²) in [6, 6.07) is 18.9. The predicted octanol–water partition coefficient (Wildman–Crippen LogP) is 3.21. The van der Waals surface area contributed by atoms with E-state index in [2.05, 4.69) is 5.43 Å². The van der Waals surface area contributed by atoms with E-state index in [1.807, 2.05) is 18.2 Å². The molecule has 0 saturated carbocycles.